The molecule has 0 aromatic heterocycles. The highest BCUT2D eigenvalue weighted by atomic mass is 32.2. The number of hydrogen-bond donors (Lipinski definition) is 2. The van der Waals surface area contributed by atoms with Crippen LogP contribution in [0.4, 0.5) is 0 Å². The van der Waals surface area contributed by atoms with Crippen LogP contribution >= 0.6 is 0 Å². The summed E-state index contributed by atoms with van der Waals surface area (Å²) in [4.78, 5) is 12.1. The second-order valence-corrected chi connectivity index (χ2v) is 6.75. The molecule has 0 saturated carbocycles. The van der Waals surface area contributed by atoms with Gasteiger partial charge in [0, 0.05) is 13.2 Å². The normalized spacial score (nSPS) is 20.1. The van der Waals surface area contributed by atoms with Crippen molar-refractivity contribution in [3.8, 4) is 0 Å². The Labute approximate surface area is 124 Å². The molecule has 6 nitrogen and oxygen atoms in total. The number of sulfonamides is 1. The number of rotatable bonds is 6. The summed E-state index contributed by atoms with van der Waals surface area (Å²) >= 11 is 0. The Bertz CT molecular complexity index is 568. The minimum absolute atomic E-state index is 0.0341. The van der Waals surface area contributed by atoms with Crippen LogP contribution in [-0.4, -0.2) is 39.6 Å². The summed E-state index contributed by atoms with van der Waals surface area (Å²) in [7, 11) is -3.68. The standard InChI is InChI=1S/C14H20N2O4S/c1-11(14(17)15-10-12-6-5-9-20-12)16-21(18,19)13-7-3-2-4-8-13/h2-4,7-8,11-12,16H,5-6,9-10H2,1H3,(H,15,17)/t11-,12-/m0/s1. The molecule has 1 heterocycles. The van der Waals surface area contributed by atoms with E-state index in [0.29, 0.717) is 6.54 Å². The lowest BCUT2D eigenvalue weighted by Crippen LogP contribution is -2.46. The highest BCUT2D eigenvalue weighted by Crippen LogP contribution is 2.11. The number of benzene rings is 1. The average molecular weight is 312 g/mol. The van der Waals surface area contributed by atoms with Crippen LogP contribution in [0.15, 0.2) is 35.2 Å². The van der Waals surface area contributed by atoms with Gasteiger partial charge < -0.3 is 10.1 Å². The maximum Gasteiger partial charge on any atom is 0.241 e. The summed E-state index contributed by atoms with van der Waals surface area (Å²) < 4.78 is 32.0. The number of carbonyl (C=O) groups is 1. The third-order valence-corrected chi connectivity index (χ3v) is 4.86. The van der Waals surface area contributed by atoms with E-state index in [2.05, 4.69) is 10.0 Å². The van der Waals surface area contributed by atoms with Crippen molar-refractivity contribution in [3.05, 3.63) is 30.3 Å². The van der Waals surface area contributed by atoms with Gasteiger partial charge in [0.15, 0.2) is 0 Å². The zero-order chi connectivity index (χ0) is 15.3. The van der Waals surface area contributed by atoms with Gasteiger partial charge in [-0.15, -0.1) is 0 Å². The minimum atomic E-state index is -3.68. The number of amides is 1. The van der Waals surface area contributed by atoms with Gasteiger partial charge in [0.05, 0.1) is 17.0 Å². The zero-order valence-electron chi connectivity index (χ0n) is 11.9. The highest BCUT2D eigenvalue weighted by molar-refractivity contribution is 7.89. The van der Waals surface area contributed by atoms with E-state index in [4.69, 9.17) is 4.74 Å². The van der Waals surface area contributed by atoms with Crippen molar-refractivity contribution in [3.63, 3.8) is 0 Å². The average Bonchev–Trinajstić information content (AvgIpc) is 2.98. The highest BCUT2D eigenvalue weighted by Gasteiger charge is 2.23. The lowest BCUT2D eigenvalue weighted by atomic mass is 10.2. The third-order valence-electron chi connectivity index (χ3n) is 3.31. The summed E-state index contributed by atoms with van der Waals surface area (Å²) in [6, 6.07) is 7.14. The van der Waals surface area contributed by atoms with Crippen molar-refractivity contribution in [2.45, 2.75) is 36.8 Å². The number of carbonyl (C=O) groups excluding carboxylic acids is 1. The lowest BCUT2D eigenvalue weighted by molar-refractivity contribution is -0.122. The van der Waals surface area contributed by atoms with E-state index in [1.54, 1.807) is 18.2 Å². The molecule has 0 aliphatic carbocycles. The van der Waals surface area contributed by atoms with Crippen molar-refractivity contribution in [1.29, 1.82) is 0 Å². The predicted octanol–water partition coefficient (Wildman–Crippen LogP) is 0.649. The first kappa shape index (κ1) is 15.9. The van der Waals surface area contributed by atoms with Crippen LogP contribution in [0, 0.1) is 0 Å². The van der Waals surface area contributed by atoms with Gasteiger partial charge >= 0.3 is 0 Å². The van der Waals surface area contributed by atoms with E-state index < -0.39 is 16.1 Å². The second-order valence-electron chi connectivity index (χ2n) is 5.04. The Morgan fingerprint density at radius 1 is 1.38 bits per heavy atom. The molecule has 0 radical (unpaired) electrons. The maximum absolute atomic E-state index is 12.1. The Balaban J connectivity index is 1.87. The molecule has 2 rings (SSSR count). The summed E-state index contributed by atoms with van der Waals surface area (Å²) in [6.45, 7) is 2.65. The SMILES string of the molecule is C[C@H](NS(=O)(=O)c1ccccc1)C(=O)NC[C@@H]1CCCO1. The van der Waals surface area contributed by atoms with Crippen LogP contribution in [0.25, 0.3) is 0 Å². The van der Waals surface area contributed by atoms with Crippen molar-refractivity contribution in [2.24, 2.45) is 0 Å². The van der Waals surface area contributed by atoms with E-state index in [-0.39, 0.29) is 16.9 Å². The van der Waals surface area contributed by atoms with Gasteiger partial charge in [-0.05, 0) is 31.9 Å². The van der Waals surface area contributed by atoms with E-state index >= 15 is 0 Å². The molecule has 1 amide bonds. The molecule has 1 saturated heterocycles. The van der Waals surface area contributed by atoms with Crippen LogP contribution in [0.3, 0.4) is 0 Å². The fourth-order valence-corrected chi connectivity index (χ4v) is 3.35. The molecule has 1 aromatic rings. The van der Waals surface area contributed by atoms with Gasteiger partial charge in [-0.3, -0.25) is 4.79 Å². The van der Waals surface area contributed by atoms with Crippen molar-refractivity contribution in [2.75, 3.05) is 13.2 Å². The number of nitrogens with one attached hydrogen (secondary N) is 2. The third kappa shape index (κ3) is 4.52. The molecule has 1 fully saturated rings. The summed E-state index contributed by atoms with van der Waals surface area (Å²) in [5.74, 6) is -0.356. The van der Waals surface area contributed by atoms with Gasteiger partial charge in [0.2, 0.25) is 15.9 Å². The Morgan fingerprint density at radius 2 is 2.10 bits per heavy atom. The number of ether oxygens (including phenoxy) is 1. The Morgan fingerprint density at radius 3 is 2.71 bits per heavy atom. The fraction of sp³-hybridized carbons (Fsp3) is 0.500. The largest absolute Gasteiger partial charge is 0.376 e. The molecule has 2 atom stereocenters. The summed E-state index contributed by atoms with van der Waals surface area (Å²) in [6.07, 6.45) is 1.95. The smallest absolute Gasteiger partial charge is 0.241 e. The zero-order valence-corrected chi connectivity index (χ0v) is 12.7. The molecule has 0 unspecified atom stereocenters. The first-order valence-corrected chi connectivity index (χ1v) is 8.44. The van der Waals surface area contributed by atoms with Crippen LogP contribution in [0.5, 0.6) is 0 Å². The van der Waals surface area contributed by atoms with Crippen molar-refractivity contribution >= 4 is 15.9 Å². The molecular weight excluding hydrogens is 292 g/mol. The van der Waals surface area contributed by atoms with Crippen molar-refractivity contribution in [1.82, 2.24) is 10.0 Å². The van der Waals surface area contributed by atoms with E-state index in [1.165, 1.54) is 19.1 Å². The maximum atomic E-state index is 12.1. The monoisotopic (exact) mass is 312 g/mol. The second kappa shape index (κ2) is 7.02. The molecular formula is C14H20N2O4S. The van der Waals surface area contributed by atoms with Crippen LogP contribution in [-0.2, 0) is 19.6 Å². The van der Waals surface area contributed by atoms with Crippen LogP contribution < -0.4 is 10.0 Å². The van der Waals surface area contributed by atoms with Crippen LogP contribution in [0.2, 0.25) is 0 Å². The topological polar surface area (TPSA) is 84.5 Å². The fourth-order valence-electron chi connectivity index (χ4n) is 2.13. The van der Waals surface area contributed by atoms with E-state index in [0.717, 1.165) is 19.4 Å². The molecule has 2 N–H and O–H groups in total. The minimum Gasteiger partial charge on any atom is -0.376 e. The summed E-state index contributed by atoms with van der Waals surface area (Å²) in [5, 5.41) is 2.71. The molecule has 1 aliphatic heterocycles. The van der Waals surface area contributed by atoms with Gasteiger partial charge in [-0.2, -0.15) is 4.72 Å². The van der Waals surface area contributed by atoms with Gasteiger partial charge in [-0.1, -0.05) is 18.2 Å². The molecule has 1 aromatic carbocycles. The van der Waals surface area contributed by atoms with Crippen LogP contribution in [0.1, 0.15) is 19.8 Å². The summed E-state index contributed by atoms with van der Waals surface area (Å²) in [5.41, 5.74) is 0. The molecule has 21 heavy (non-hydrogen) atoms. The molecule has 116 valence electrons. The quantitative estimate of drug-likeness (QED) is 0.808. The number of hydrogen-bond acceptors (Lipinski definition) is 4. The molecule has 7 heteroatoms. The Kier molecular flexibility index (Phi) is 5.33. The van der Waals surface area contributed by atoms with E-state index in [9.17, 15) is 13.2 Å². The van der Waals surface area contributed by atoms with Gasteiger partial charge in [-0.25, -0.2) is 8.42 Å². The predicted molar refractivity (Wildman–Crippen MR) is 78.2 cm³/mol. The Hall–Kier alpha value is -1.44. The van der Waals surface area contributed by atoms with E-state index in [1.807, 2.05) is 0 Å². The van der Waals surface area contributed by atoms with Crippen molar-refractivity contribution < 1.29 is 17.9 Å². The first-order valence-electron chi connectivity index (χ1n) is 6.96. The molecule has 0 bridgehead atoms. The van der Waals surface area contributed by atoms with Gasteiger partial charge in [0.1, 0.15) is 0 Å². The first-order chi connectivity index (χ1) is 9.99. The molecule has 1 aliphatic rings. The molecule has 0 spiro atoms. The van der Waals surface area contributed by atoms with Gasteiger partial charge in [0.25, 0.3) is 0 Å². The lowest BCUT2D eigenvalue weighted by Gasteiger charge is -2.16.